The van der Waals surface area contributed by atoms with Crippen molar-refractivity contribution in [1.82, 2.24) is 15.2 Å². The van der Waals surface area contributed by atoms with Crippen LogP contribution in [0.1, 0.15) is 11.6 Å². The molecule has 11 heteroatoms. The minimum atomic E-state index is -4.78. The van der Waals surface area contributed by atoms with Crippen LogP contribution >= 0.6 is 0 Å². The molecule has 2 N–H and O–H groups in total. The molecule has 0 saturated carbocycles. The molecule has 1 aromatic carbocycles. The zero-order chi connectivity index (χ0) is 21.9. The summed E-state index contributed by atoms with van der Waals surface area (Å²) in [6.07, 6.45) is -3.28. The smallest absolute Gasteiger partial charge is 0.406 e. The van der Waals surface area contributed by atoms with Gasteiger partial charge < -0.3 is 20.3 Å². The fourth-order valence-electron chi connectivity index (χ4n) is 3.01. The fraction of sp³-hybridized carbons (Fsp3) is 0.316. The monoisotopic (exact) mass is 423 g/mol. The highest BCUT2D eigenvalue weighted by Crippen LogP contribution is 2.28. The van der Waals surface area contributed by atoms with Gasteiger partial charge in [-0.3, -0.25) is 9.69 Å². The molecule has 1 aromatic heterocycles. The average Bonchev–Trinajstić information content (AvgIpc) is 2.65. The van der Waals surface area contributed by atoms with Gasteiger partial charge in [-0.2, -0.15) is 0 Å². The summed E-state index contributed by atoms with van der Waals surface area (Å²) in [4.78, 5) is 32.1. The van der Waals surface area contributed by atoms with Gasteiger partial charge in [-0.15, -0.1) is 13.2 Å². The minimum Gasteiger partial charge on any atom is -0.406 e. The van der Waals surface area contributed by atoms with Gasteiger partial charge in [0.15, 0.2) is 5.82 Å². The molecule has 2 heterocycles. The van der Waals surface area contributed by atoms with Gasteiger partial charge in [0.1, 0.15) is 12.3 Å². The van der Waals surface area contributed by atoms with Crippen molar-refractivity contribution in [3.05, 3.63) is 48.2 Å². The molecule has 160 valence electrons. The quantitative estimate of drug-likeness (QED) is 0.773. The van der Waals surface area contributed by atoms with Gasteiger partial charge in [0, 0.05) is 12.7 Å². The standard InChI is InChI=1S/C19H20F3N5O3/c1-26(2)10-15(12-5-7-13(8-6-12)30-19(20,21)22)25-18(29)27-11-16(28)24-14-4-3-9-23-17(14)27/h3-9,15H,10-11H2,1-2H3,(H,24,28)(H,25,29). The Labute approximate surface area is 170 Å². The van der Waals surface area contributed by atoms with Crippen LogP contribution in [0.2, 0.25) is 0 Å². The molecular weight excluding hydrogens is 403 g/mol. The first-order chi connectivity index (χ1) is 14.1. The van der Waals surface area contributed by atoms with E-state index in [1.165, 1.54) is 35.4 Å². The lowest BCUT2D eigenvalue weighted by molar-refractivity contribution is -0.274. The zero-order valence-electron chi connectivity index (χ0n) is 16.2. The van der Waals surface area contributed by atoms with E-state index in [1.807, 2.05) is 4.90 Å². The number of nitrogens with zero attached hydrogens (tertiary/aromatic N) is 3. The lowest BCUT2D eigenvalue weighted by Gasteiger charge is -2.30. The van der Waals surface area contributed by atoms with Gasteiger partial charge >= 0.3 is 12.4 Å². The van der Waals surface area contributed by atoms with Gasteiger partial charge in [-0.25, -0.2) is 9.78 Å². The molecule has 1 aliphatic heterocycles. The molecule has 1 unspecified atom stereocenters. The molecule has 0 aliphatic carbocycles. The van der Waals surface area contributed by atoms with Crippen molar-refractivity contribution in [2.45, 2.75) is 12.4 Å². The van der Waals surface area contributed by atoms with Crippen LogP contribution in [-0.4, -0.2) is 55.4 Å². The Morgan fingerprint density at radius 3 is 2.63 bits per heavy atom. The van der Waals surface area contributed by atoms with Crippen LogP contribution in [0.25, 0.3) is 0 Å². The minimum absolute atomic E-state index is 0.205. The number of ether oxygens (including phenoxy) is 1. The number of anilines is 2. The molecule has 0 radical (unpaired) electrons. The van der Waals surface area contributed by atoms with Crippen LogP contribution < -0.4 is 20.3 Å². The van der Waals surface area contributed by atoms with Gasteiger partial charge in [0.25, 0.3) is 0 Å². The highest BCUT2D eigenvalue weighted by Gasteiger charge is 2.32. The van der Waals surface area contributed by atoms with Crippen molar-refractivity contribution >= 4 is 23.4 Å². The number of aromatic nitrogens is 1. The maximum absolute atomic E-state index is 12.9. The van der Waals surface area contributed by atoms with Crippen LogP contribution in [0.4, 0.5) is 29.5 Å². The summed E-state index contributed by atoms with van der Waals surface area (Å²) in [6.45, 7) is 0.170. The Morgan fingerprint density at radius 1 is 1.30 bits per heavy atom. The Bertz CT molecular complexity index is 918. The molecule has 2 aromatic rings. The molecule has 8 nitrogen and oxygen atoms in total. The molecule has 0 fully saturated rings. The first kappa shape index (κ1) is 21.4. The van der Waals surface area contributed by atoms with Crippen molar-refractivity contribution in [3.8, 4) is 5.75 Å². The molecule has 1 aliphatic rings. The predicted octanol–water partition coefficient (Wildman–Crippen LogP) is 2.75. The molecule has 1 atom stereocenters. The second-order valence-corrected chi connectivity index (χ2v) is 6.89. The first-order valence-electron chi connectivity index (χ1n) is 8.96. The van der Waals surface area contributed by atoms with E-state index in [9.17, 15) is 22.8 Å². The molecule has 0 saturated heterocycles. The summed E-state index contributed by atoms with van der Waals surface area (Å²) in [5.41, 5.74) is 0.996. The highest BCUT2D eigenvalue weighted by molar-refractivity contribution is 6.08. The van der Waals surface area contributed by atoms with Crippen LogP contribution in [0.15, 0.2) is 42.6 Å². The number of carbonyl (C=O) groups is 2. The fourth-order valence-corrected chi connectivity index (χ4v) is 3.01. The third kappa shape index (κ3) is 5.38. The molecular formula is C19H20F3N5O3. The third-order valence-electron chi connectivity index (χ3n) is 4.22. The SMILES string of the molecule is CN(C)CC(NC(=O)N1CC(=O)Nc2cccnc21)c1ccc(OC(F)(F)F)cc1. The maximum atomic E-state index is 12.9. The van der Waals surface area contributed by atoms with E-state index in [-0.39, 0.29) is 18.2 Å². The number of alkyl halides is 3. The number of urea groups is 1. The van der Waals surface area contributed by atoms with Crippen LogP contribution in [-0.2, 0) is 4.79 Å². The van der Waals surface area contributed by atoms with Crippen LogP contribution in [0.5, 0.6) is 5.75 Å². The van der Waals surface area contributed by atoms with Crippen molar-refractivity contribution in [3.63, 3.8) is 0 Å². The molecule has 0 bridgehead atoms. The van der Waals surface area contributed by atoms with Gasteiger partial charge in [-0.05, 0) is 43.9 Å². The number of carbonyl (C=O) groups excluding carboxylic acids is 2. The summed E-state index contributed by atoms with van der Waals surface area (Å²) in [7, 11) is 3.59. The second-order valence-electron chi connectivity index (χ2n) is 6.89. The first-order valence-corrected chi connectivity index (χ1v) is 8.96. The average molecular weight is 423 g/mol. The predicted molar refractivity (Wildman–Crippen MR) is 103 cm³/mol. The number of rotatable bonds is 5. The van der Waals surface area contributed by atoms with Crippen LogP contribution in [0, 0.1) is 0 Å². The molecule has 0 spiro atoms. The number of pyridine rings is 1. The Balaban J connectivity index is 1.80. The summed E-state index contributed by atoms with van der Waals surface area (Å²) >= 11 is 0. The lowest BCUT2D eigenvalue weighted by atomic mass is 10.1. The Morgan fingerprint density at radius 2 is 2.00 bits per heavy atom. The number of nitrogens with one attached hydrogen (secondary N) is 2. The number of hydrogen-bond acceptors (Lipinski definition) is 5. The maximum Gasteiger partial charge on any atom is 0.573 e. The number of hydrogen-bond donors (Lipinski definition) is 2. The van der Waals surface area contributed by atoms with Gasteiger partial charge in [0.05, 0.1) is 11.7 Å². The van der Waals surface area contributed by atoms with E-state index in [2.05, 4.69) is 20.4 Å². The van der Waals surface area contributed by atoms with Gasteiger partial charge in [0.2, 0.25) is 5.91 Å². The summed E-state index contributed by atoms with van der Waals surface area (Å²) < 4.78 is 41.0. The normalized spacial score (nSPS) is 14.7. The number of benzene rings is 1. The van der Waals surface area contributed by atoms with E-state index in [4.69, 9.17) is 0 Å². The summed E-state index contributed by atoms with van der Waals surface area (Å²) in [6, 6.07) is 7.44. The summed E-state index contributed by atoms with van der Waals surface area (Å²) in [5, 5.41) is 5.48. The molecule has 3 amide bonds. The van der Waals surface area contributed by atoms with E-state index >= 15 is 0 Å². The topological polar surface area (TPSA) is 86.8 Å². The number of halogens is 3. The molecule has 3 rings (SSSR count). The van der Waals surface area contributed by atoms with Crippen molar-refractivity contribution < 1.29 is 27.5 Å². The van der Waals surface area contributed by atoms with E-state index in [0.717, 1.165) is 0 Å². The molecule has 30 heavy (non-hydrogen) atoms. The Hall–Kier alpha value is -3.34. The van der Waals surface area contributed by atoms with Crippen molar-refractivity contribution in [2.24, 2.45) is 0 Å². The highest BCUT2D eigenvalue weighted by atomic mass is 19.4. The van der Waals surface area contributed by atoms with Crippen LogP contribution in [0.3, 0.4) is 0 Å². The van der Waals surface area contributed by atoms with E-state index < -0.39 is 18.4 Å². The second kappa shape index (κ2) is 8.57. The van der Waals surface area contributed by atoms with Crippen molar-refractivity contribution in [1.29, 1.82) is 0 Å². The largest absolute Gasteiger partial charge is 0.573 e. The van der Waals surface area contributed by atoms with Crippen molar-refractivity contribution in [2.75, 3.05) is 37.4 Å². The zero-order valence-corrected chi connectivity index (χ0v) is 16.2. The number of fused-ring (bicyclic) bond motifs is 1. The number of likely N-dealkylation sites (N-methyl/N-ethyl adjacent to an activating group) is 1. The summed E-state index contributed by atoms with van der Waals surface area (Å²) in [5.74, 6) is -0.400. The Kier molecular flexibility index (Phi) is 6.11. The third-order valence-corrected chi connectivity index (χ3v) is 4.22. The number of amides is 3. The van der Waals surface area contributed by atoms with Gasteiger partial charge in [-0.1, -0.05) is 12.1 Å². The van der Waals surface area contributed by atoms with E-state index in [0.29, 0.717) is 23.6 Å². The van der Waals surface area contributed by atoms with E-state index in [1.54, 1.807) is 26.2 Å². The lowest BCUT2D eigenvalue weighted by Crippen LogP contribution is -2.49.